The third-order valence-corrected chi connectivity index (χ3v) is 5.95. The molecule has 0 aliphatic carbocycles. The van der Waals surface area contributed by atoms with E-state index in [1.165, 1.54) is 0 Å². The Kier molecular flexibility index (Phi) is 5.41. The minimum Gasteiger partial charge on any atom is -0.387 e. The molecule has 0 aliphatic rings. The molecule has 0 spiro atoms. The van der Waals surface area contributed by atoms with Gasteiger partial charge in [0.25, 0.3) is 0 Å². The number of aliphatic hydroxyl groups is 1. The Bertz CT molecular complexity index is 990. The molecular formula is C21H23NO3S. The molecule has 2 N–H and O–H groups in total. The van der Waals surface area contributed by atoms with E-state index < -0.39 is 16.1 Å². The molecule has 3 aromatic carbocycles. The van der Waals surface area contributed by atoms with Crippen LogP contribution < -0.4 is 4.72 Å². The van der Waals surface area contributed by atoms with Crippen LogP contribution in [0.1, 0.15) is 37.0 Å². The van der Waals surface area contributed by atoms with Crippen molar-refractivity contribution in [2.75, 3.05) is 6.54 Å². The molecule has 0 amide bonds. The van der Waals surface area contributed by atoms with Crippen molar-refractivity contribution in [1.82, 2.24) is 4.72 Å². The summed E-state index contributed by atoms with van der Waals surface area (Å²) in [6, 6.07) is 20.2. The van der Waals surface area contributed by atoms with E-state index in [0.717, 1.165) is 16.3 Å². The fraction of sp³-hybridized carbons (Fsp3) is 0.238. The predicted molar refractivity (Wildman–Crippen MR) is 105 cm³/mol. The minimum absolute atomic E-state index is 0.0811. The molecular weight excluding hydrogens is 346 g/mol. The van der Waals surface area contributed by atoms with Crippen LogP contribution in [0.4, 0.5) is 0 Å². The number of sulfonamides is 1. The summed E-state index contributed by atoms with van der Waals surface area (Å²) in [5.41, 5.74) is 1.79. The third kappa shape index (κ3) is 3.96. The van der Waals surface area contributed by atoms with Gasteiger partial charge in [0.2, 0.25) is 10.0 Å². The van der Waals surface area contributed by atoms with Crippen LogP contribution in [0.25, 0.3) is 10.8 Å². The Morgan fingerprint density at radius 2 is 1.58 bits per heavy atom. The molecule has 0 radical (unpaired) electrons. The number of hydrogen-bond acceptors (Lipinski definition) is 3. The molecule has 5 heteroatoms. The second-order valence-electron chi connectivity index (χ2n) is 6.66. The molecule has 3 aromatic rings. The number of rotatable bonds is 6. The Morgan fingerprint density at radius 1 is 0.923 bits per heavy atom. The van der Waals surface area contributed by atoms with Gasteiger partial charge in [-0.25, -0.2) is 13.1 Å². The van der Waals surface area contributed by atoms with Crippen molar-refractivity contribution < 1.29 is 13.5 Å². The average molecular weight is 369 g/mol. The van der Waals surface area contributed by atoms with Gasteiger partial charge in [-0.15, -0.1) is 0 Å². The topological polar surface area (TPSA) is 66.4 Å². The minimum atomic E-state index is -3.67. The van der Waals surface area contributed by atoms with Gasteiger partial charge in [-0.1, -0.05) is 68.4 Å². The molecule has 1 atom stereocenters. The van der Waals surface area contributed by atoms with Crippen LogP contribution in [-0.4, -0.2) is 20.1 Å². The lowest BCUT2D eigenvalue weighted by Crippen LogP contribution is -2.28. The summed E-state index contributed by atoms with van der Waals surface area (Å²) < 4.78 is 27.5. The van der Waals surface area contributed by atoms with Crippen molar-refractivity contribution in [1.29, 1.82) is 0 Å². The number of aliphatic hydroxyl groups excluding tert-OH is 1. The van der Waals surface area contributed by atoms with Gasteiger partial charge in [0.05, 0.1) is 11.0 Å². The normalized spacial score (nSPS) is 13.2. The maximum absolute atomic E-state index is 12.5. The molecule has 3 rings (SSSR count). The van der Waals surface area contributed by atoms with Crippen molar-refractivity contribution in [2.45, 2.75) is 30.8 Å². The van der Waals surface area contributed by atoms with Gasteiger partial charge in [-0.05, 0) is 39.9 Å². The summed E-state index contributed by atoms with van der Waals surface area (Å²) in [5, 5.41) is 12.4. The Balaban J connectivity index is 1.76. The van der Waals surface area contributed by atoms with E-state index in [0.29, 0.717) is 11.5 Å². The maximum Gasteiger partial charge on any atom is 0.240 e. The predicted octanol–water partition coefficient (Wildman–Crippen LogP) is 3.98. The molecule has 0 heterocycles. The fourth-order valence-electron chi connectivity index (χ4n) is 2.95. The summed E-state index contributed by atoms with van der Waals surface area (Å²) in [6.45, 7) is 4.03. The zero-order valence-electron chi connectivity index (χ0n) is 14.9. The first kappa shape index (κ1) is 18.6. The summed E-state index contributed by atoms with van der Waals surface area (Å²) in [4.78, 5) is 0.201. The van der Waals surface area contributed by atoms with Crippen LogP contribution in [-0.2, 0) is 10.0 Å². The highest BCUT2D eigenvalue weighted by Crippen LogP contribution is 2.24. The van der Waals surface area contributed by atoms with Crippen LogP contribution in [0.2, 0.25) is 0 Å². The van der Waals surface area contributed by atoms with E-state index in [-0.39, 0.29) is 11.4 Å². The SMILES string of the molecule is CC(C)c1ccc(S(=O)(=O)NCC(O)c2cccc3ccccc23)cc1. The zero-order chi connectivity index (χ0) is 18.7. The van der Waals surface area contributed by atoms with Crippen LogP contribution in [0.15, 0.2) is 71.6 Å². The van der Waals surface area contributed by atoms with Crippen molar-refractivity contribution >= 4 is 20.8 Å². The largest absolute Gasteiger partial charge is 0.387 e. The Hall–Kier alpha value is -2.21. The Morgan fingerprint density at radius 3 is 2.27 bits per heavy atom. The van der Waals surface area contributed by atoms with E-state index in [9.17, 15) is 13.5 Å². The lowest BCUT2D eigenvalue weighted by Gasteiger charge is -2.15. The van der Waals surface area contributed by atoms with Crippen LogP contribution in [0.5, 0.6) is 0 Å². The lowest BCUT2D eigenvalue weighted by molar-refractivity contribution is 0.183. The summed E-state index contributed by atoms with van der Waals surface area (Å²) in [5.74, 6) is 0.341. The van der Waals surface area contributed by atoms with E-state index in [2.05, 4.69) is 18.6 Å². The molecule has 0 fully saturated rings. The molecule has 26 heavy (non-hydrogen) atoms. The quantitative estimate of drug-likeness (QED) is 0.691. The zero-order valence-corrected chi connectivity index (χ0v) is 15.7. The molecule has 136 valence electrons. The van der Waals surface area contributed by atoms with E-state index in [1.807, 2.05) is 54.6 Å². The van der Waals surface area contributed by atoms with Gasteiger partial charge in [-0.2, -0.15) is 0 Å². The van der Waals surface area contributed by atoms with Gasteiger partial charge in [0.1, 0.15) is 0 Å². The fourth-order valence-corrected chi connectivity index (χ4v) is 3.99. The first-order valence-electron chi connectivity index (χ1n) is 8.64. The number of fused-ring (bicyclic) bond motifs is 1. The molecule has 0 aliphatic heterocycles. The molecule has 0 bridgehead atoms. The first-order chi connectivity index (χ1) is 12.4. The lowest BCUT2D eigenvalue weighted by atomic mass is 10.0. The van der Waals surface area contributed by atoms with Crippen molar-refractivity contribution in [2.24, 2.45) is 0 Å². The van der Waals surface area contributed by atoms with Gasteiger partial charge in [0, 0.05) is 6.54 Å². The highest BCUT2D eigenvalue weighted by Gasteiger charge is 2.18. The van der Waals surface area contributed by atoms with E-state index >= 15 is 0 Å². The highest BCUT2D eigenvalue weighted by molar-refractivity contribution is 7.89. The van der Waals surface area contributed by atoms with E-state index in [4.69, 9.17) is 0 Å². The molecule has 0 saturated heterocycles. The van der Waals surface area contributed by atoms with Gasteiger partial charge in [-0.3, -0.25) is 0 Å². The van der Waals surface area contributed by atoms with Crippen LogP contribution in [0, 0.1) is 0 Å². The van der Waals surface area contributed by atoms with Crippen LogP contribution >= 0.6 is 0 Å². The standard InChI is InChI=1S/C21H23NO3S/c1-15(2)16-10-12-18(13-11-16)26(24,25)22-14-21(23)20-9-5-7-17-6-3-4-8-19(17)20/h3-13,15,21-23H,14H2,1-2H3. The van der Waals surface area contributed by atoms with E-state index in [1.54, 1.807) is 12.1 Å². The molecule has 0 aromatic heterocycles. The van der Waals surface area contributed by atoms with Crippen molar-refractivity contribution in [3.63, 3.8) is 0 Å². The number of hydrogen-bond donors (Lipinski definition) is 2. The van der Waals surface area contributed by atoms with Crippen LogP contribution in [0.3, 0.4) is 0 Å². The number of nitrogens with one attached hydrogen (secondary N) is 1. The summed E-state index contributed by atoms with van der Waals surface area (Å²) >= 11 is 0. The van der Waals surface area contributed by atoms with Gasteiger partial charge in [0.15, 0.2) is 0 Å². The van der Waals surface area contributed by atoms with Crippen molar-refractivity contribution in [3.05, 3.63) is 77.9 Å². The third-order valence-electron chi connectivity index (χ3n) is 4.51. The average Bonchev–Trinajstić information content (AvgIpc) is 2.65. The second-order valence-corrected chi connectivity index (χ2v) is 8.43. The van der Waals surface area contributed by atoms with Gasteiger partial charge < -0.3 is 5.11 Å². The Labute approximate surface area is 154 Å². The summed E-state index contributed by atoms with van der Waals surface area (Å²) in [7, 11) is -3.67. The molecule has 4 nitrogen and oxygen atoms in total. The highest BCUT2D eigenvalue weighted by atomic mass is 32.2. The summed E-state index contributed by atoms with van der Waals surface area (Å²) in [6.07, 6.45) is -0.925. The monoisotopic (exact) mass is 369 g/mol. The number of benzene rings is 3. The molecule has 0 saturated carbocycles. The maximum atomic E-state index is 12.5. The second kappa shape index (κ2) is 7.58. The first-order valence-corrected chi connectivity index (χ1v) is 10.1. The van der Waals surface area contributed by atoms with Crippen molar-refractivity contribution in [3.8, 4) is 0 Å². The smallest absolute Gasteiger partial charge is 0.240 e. The molecule has 1 unspecified atom stereocenters. The van der Waals surface area contributed by atoms with Gasteiger partial charge >= 0.3 is 0 Å².